The fourth-order valence-electron chi connectivity index (χ4n) is 1.74. The molecule has 0 saturated heterocycles. The molecule has 0 aliphatic carbocycles. The second kappa shape index (κ2) is 6.53. The van der Waals surface area contributed by atoms with Crippen molar-refractivity contribution in [2.45, 2.75) is 39.3 Å². The van der Waals surface area contributed by atoms with E-state index in [1.165, 1.54) is 4.90 Å². The van der Waals surface area contributed by atoms with Crippen LogP contribution in [-0.4, -0.2) is 25.6 Å². The number of rotatable bonds is 5. The Balaban J connectivity index is 2.95. The molecule has 108 valence electrons. The normalized spacial score (nSPS) is 12.0. The van der Waals surface area contributed by atoms with E-state index in [2.05, 4.69) is 5.32 Å². The lowest BCUT2D eigenvalue weighted by Gasteiger charge is -2.26. The van der Waals surface area contributed by atoms with Gasteiger partial charge in [-0.05, 0) is 32.9 Å². The molecule has 19 heavy (non-hydrogen) atoms. The van der Waals surface area contributed by atoms with E-state index < -0.39 is 6.43 Å². The third-order valence-corrected chi connectivity index (χ3v) is 3.07. The summed E-state index contributed by atoms with van der Waals surface area (Å²) in [5.41, 5.74) is 1.53. The van der Waals surface area contributed by atoms with Crippen molar-refractivity contribution < 1.29 is 8.78 Å². The zero-order chi connectivity index (χ0) is 14.6. The molecular weight excluding hydrogens is 270 g/mol. The van der Waals surface area contributed by atoms with Crippen LogP contribution in [0.4, 0.5) is 14.5 Å². The van der Waals surface area contributed by atoms with Crippen molar-refractivity contribution in [3.63, 3.8) is 0 Å². The molecule has 0 bridgehead atoms. The summed E-state index contributed by atoms with van der Waals surface area (Å²) in [6, 6.07) is 5.37. The molecule has 0 atom stereocenters. The molecule has 0 aliphatic rings. The predicted molar refractivity (Wildman–Crippen MR) is 77.3 cm³/mol. The molecule has 2 nitrogen and oxygen atoms in total. The average Bonchev–Trinajstić information content (AvgIpc) is 2.24. The van der Waals surface area contributed by atoms with Gasteiger partial charge in [-0.3, -0.25) is 0 Å². The van der Waals surface area contributed by atoms with E-state index in [0.29, 0.717) is 11.6 Å². The van der Waals surface area contributed by atoms with E-state index in [4.69, 9.17) is 11.6 Å². The first kappa shape index (κ1) is 16.2. The van der Waals surface area contributed by atoms with Crippen LogP contribution in [0.3, 0.4) is 0 Å². The van der Waals surface area contributed by atoms with Crippen molar-refractivity contribution >= 4 is 17.3 Å². The van der Waals surface area contributed by atoms with E-state index in [1.54, 1.807) is 19.2 Å². The first-order chi connectivity index (χ1) is 8.70. The van der Waals surface area contributed by atoms with Crippen molar-refractivity contribution in [3.8, 4) is 0 Å². The number of alkyl halides is 2. The first-order valence-electron chi connectivity index (χ1n) is 6.22. The number of hydrogen-bond donors (Lipinski definition) is 1. The highest BCUT2D eigenvalue weighted by Gasteiger charge is 2.16. The first-order valence-corrected chi connectivity index (χ1v) is 6.60. The Labute approximate surface area is 118 Å². The Morgan fingerprint density at radius 2 is 1.95 bits per heavy atom. The molecule has 1 N–H and O–H groups in total. The fraction of sp³-hybridized carbons (Fsp3) is 0.571. The Hall–Kier alpha value is -0.870. The van der Waals surface area contributed by atoms with Gasteiger partial charge in [0.05, 0.1) is 6.54 Å². The monoisotopic (exact) mass is 290 g/mol. The van der Waals surface area contributed by atoms with Gasteiger partial charge < -0.3 is 10.2 Å². The van der Waals surface area contributed by atoms with Gasteiger partial charge in [0, 0.05) is 35.4 Å². The molecule has 0 aliphatic heterocycles. The van der Waals surface area contributed by atoms with Crippen LogP contribution in [0.15, 0.2) is 18.2 Å². The maximum absolute atomic E-state index is 12.5. The second-order valence-corrected chi connectivity index (χ2v) is 6.02. The SMILES string of the molecule is CN(CC(F)F)c1cccc(Cl)c1CNC(C)(C)C. The van der Waals surface area contributed by atoms with Crippen molar-refractivity contribution in [2.75, 3.05) is 18.5 Å². The maximum Gasteiger partial charge on any atom is 0.255 e. The summed E-state index contributed by atoms with van der Waals surface area (Å²) in [7, 11) is 1.65. The van der Waals surface area contributed by atoms with Gasteiger partial charge >= 0.3 is 0 Å². The highest BCUT2D eigenvalue weighted by Crippen LogP contribution is 2.27. The Morgan fingerprint density at radius 1 is 1.32 bits per heavy atom. The van der Waals surface area contributed by atoms with E-state index in [1.807, 2.05) is 26.8 Å². The van der Waals surface area contributed by atoms with Gasteiger partial charge in [0.2, 0.25) is 0 Å². The largest absolute Gasteiger partial charge is 0.369 e. The summed E-state index contributed by atoms with van der Waals surface area (Å²) in [6.45, 7) is 6.39. The van der Waals surface area contributed by atoms with E-state index in [-0.39, 0.29) is 12.1 Å². The minimum absolute atomic E-state index is 0.0578. The number of nitrogens with one attached hydrogen (secondary N) is 1. The minimum atomic E-state index is -2.37. The molecule has 5 heteroatoms. The number of halogens is 3. The van der Waals surface area contributed by atoms with Gasteiger partial charge in [-0.25, -0.2) is 8.78 Å². The minimum Gasteiger partial charge on any atom is -0.369 e. The highest BCUT2D eigenvalue weighted by atomic mass is 35.5. The highest BCUT2D eigenvalue weighted by molar-refractivity contribution is 6.31. The molecule has 1 rings (SSSR count). The average molecular weight is 291 g/mol. The van der Waals surface area contributed by atoms with Gasteiger partial charge in [0.25, 0.3) is 6.43 Å². The Bertz CT molecular complexity index is 416. The molecule has 0 amide bonds. The number of anilines is 1. The molecule has 0 saturated carbocycles. The molecule has 0 heterocycles. The van der Waals surface area contributed by atoms with Crippen LogP contribution in [0, 0.1) is 0 Å². The second-order valence-electron chi connectivity index (χ2n) is 5.61. The van der Waals surface area contributed by atoms with E-state index in [0.717, 1.165) is 11.3 Å². The quantitative estimate of drug-likeness (QED) is 0.884. The predicted octanol–water partition coefficient (Wildman–Crippen LogP) is 3.93. The van der Waals surface area contributed by atoms with Gasteiger partial charge in [-0.2, -0.15) is 0 Å². The lowest BCUT2D eigenvalue weighted by Crippen LogP contribution is -2.36. The smallest absolute Gasteiger partial charge is 0.255 e. The molecule has 0 unspecified atom stereocenters. The lowest BCUT2D eigenvalue weighted by molar-refractivity contribution is 0.156. The lowest BCUT2D eigenvalue weighted by atomic mass is 10.1. The molecular formula is C14H21ClF2N2. The number of benzene rings is 1. The van der Waals surface area contributed by atoms with Crippen molar-refractivity contribution in [1.29, 1.82) is 0 Å². The van der Waals surface area contributed by atoms with Crippen molar-refractivity contribution in [1.82, 2.24) is 5.32 Å². The molecule has 0 radical (unpaired) electrons. The van der Waals surface area contributed by atoms with Crippen molar-refractivity contribution in [2.24, 2.45) is 0 Å². The van der Waals surface area contributed by atoms with Crippen LogP contribution in [0.5, 0.6) is 0 Å². The van der Waals surface area contributed by atoms with E-state index in [9.17, 15) is 8.78 Å². The summed E-state index contributed by atoms with van der Waals surface area (Å²) in [6.07, 6.45) is -2.37. The molecule has 1 aromatic carbocycles. The van der Waals surface area contributed by atoms with Crippen LogP contribution in [0.2, 0.25) is 5.02 Å². The number of hydrogen-bond acceptors (Lipinski definition) is 2. The maximum atomic E-state index is 12.5. The van der Waals surface area contributed by atoms with Crippen LogP contribution in [0.1, 0.15) is 26.3 Å². The molecule has 0 aromatic heterocycles. The summed E-state index contributed by atoms with van der Waals surface area (Å²) in [5.74, 6) is 0. The summed E-state index contributed by atoms with van der Waals surface area (Å²) < 4.78 is 25.0. The van der Waals surface area contributed by atoms with Crippen LogP contribution in [-0.2, 0) is 6.54 Å². The van der Waals surface area contributed by atoms with Crippen LogP contribution >= 0.6 is 11.6 Å². The number of nitrogens with zero attached hydrogens (tertiary/aromatic N) is 1. The van der Waals surface area contributed by atoms with Gasteiger partial charge in [0.1, 0.15) is 0 Å². The fourth-order valence-corrected chi connectivity index (χ4v) is 1.98. The van der Waals surface area contributed by atoms with Gasteiger partial charge in [0.15, 0.2) is 0 Å². The van der Waals surface area contributed by atoms with Gasteiger partial charge in [-0.15, -0.1) is 0 Å². The molecule has 1 aromatic rings. The summed E-state index contributed by atoms with van der Waals surface area (Å²) in [4.78, 5) is 1.54. The Kier molecular flexibility index (Phi) is 5.56. The zero-order valence-electron chi connectivity index (χ0n) is 11.8. The summed E-state index contributed by atoms with van der Waals surface area (Å²) in [5, 5.41) is 3.92. The summed E-state index contributed by atoms with van der Waals surface area (Å²) >= 11 is 6.18. The van der Waals surface area contributed by atoms with Crippen LogP contribution < -0.4 is 10.2 Å². The standard InChI is InChI=1S/C14H21ClF2N2/c1-14(2,3)18-8-10-11(15)6-5-7-12(10)19(4)9-13(16)17/h5-7,13,18H,8-9H2,1-4H3. The topological polar surface area (TPSA) is 15.3 Å². The molecule has 0 fully saturated rings. The van der Waals surface area contributed by atoms with Crippen LogP contribution in [0.25, 0.3) is 0 Å². The zero-order valence-corrected chi connectivity index (χ0v) is 12.6. The third-order valence-electron chi connectivity index (χ3n) is 2.71. The molecule has 0 spiro atoms. The van der Waals surface area contributed by atoms with Gasteiger partial charge in [-0.1, -0.05) is 17.7 Å². The Morgan fingerprint density at radius 3 is 2.47 bits per heavy atom. The third kappa shape index (κ3) is 5.33. The van der Waals surface area contributed by atoms with E-state index >= 15 is 0 Å². The van der Waals surface area contributed by atoms with Crippen molar-refractivity contribution in [3.05, 3.63) is 28.8 Å².